The van der Waals surface area contributed by atoms with E-state index in [1.807, 2.05) is 21.1 Å². The van der Waals surface area contributed by atoms with Gasteiger partial charge in [0.1, 0.15) is 19.3 Å². The van der Waals surface area contributed by atoms with E-state index < -0.39 is 13.9 Å². The zero-order valence-electron chi connectivity index (χ0n) is 38.6. The van der Waals surface area contributed by atoms with Crippen molar-refractivity contribution in [2.45, 2.75) is 238 Å². The highest BCUT2D eigenvalue weighted by molar-refractivity contribution is 7.45. The van der Waals surface area contributed by atoms with Gasteiger partial charge in [-0.25, -0.2) is 0 Å². The van der Waals surface area contributed by atoms with E-state index in [1.54, 1.807) is 0 Å². The van der Waals surface area contributed by atoms with Crippen LogP contribution in [0.1, 0.15) is 232 Å². The SMILES string of the molecule is CCC/C=C\CCCCCCCC(=O)OC(COCCCCCCCCCCCCCCCCCCCCCCCCCCC)COP(=O)([O-])OCC[N+](C)(C)C. The van der Waals surface area contributed by atoms with Crippen LogP contribution in [-0.2, 0) is 27.9 Å². The molecule has 340 valence electrons. The molecular formula is C48H96NO7P. The van der Waals surface area contributed by atoms with E-state index in [4.69, 9.17) is 18.5 Å². The monoisotopic (exact) mass is 830 g/mol. The first-order valence-corrected chi connectivity index (χ1v) is 25.9. The summed E-state index contributed by atoms with van der Waals surface area (Å²) in [6, 6.07) is 0. The summed E-state index contributed by atoms with van der Waals surface area (Å²) in [6.45, 7) is 5.38. The molecule has 9 heteroatoms. The van der Waals surface area contributed by atoms with Gasteiger partial charge in [-0.3, -0.25) is 9.36 Å². The fourth-order valence-corrected chi connectivity index (χ4v) is 7.75. The minimum absolute atomic E-state index is 0.0276. The third-order valence-corrected chi connectivity index (χ3v) is 11.8. The topological polar surface area (TPSA) is 94.1 Å². The number of carbonyl (C=O) groups excluding carboxylic acids is 1. The lowest BCUT2D eigenvalue weighted by Crippen LogP contribution is -2.37. The summed E-state index contributed by atoms with van der Waals surface area (Å²) in [6.07, 6.45) is 46.8. The third kappa shape index (κ3) is 46.2. The highest BCUT2D eigenvalue weighted by atomic mass is 31.2. The van der Waals surface area contributed by atoms with Gasteiger partial charge in [-0.2, -0.15) is 0 Å². The Labute approximate surface area is 354 Å². The Balaban J connectivity index is 3.96. The van der Waals surface area contributed by atoms with Gasteiger partial charge in [-0.1, -0.05) is 206 Å². The number of allylic oxidation sites excluding steroid dienone is 2. The molecule has 0 aliphatic heterocycles. The maximum absolute atomic E-state index is 12.6. The molecule has 2 unspecified atom stereocenters. The average Bonchev–Trinajstić information content (AvgIpc) is 3.16. The van der Waals surface area contributed by atoms with E-state index >= 15 is 0 Å². The summed E-state index contributed by atoms with van der Waals surface area (Å²) in [4.78, 5) is 25.0. The molecule has 0 aliphatic carbocycles. The van der Waals surface area contributed by atoms with Gasteiger partial charge in [0.15, 0.2) is 0 Å². The second kappa shape index (κ2) is 42.0. The van der Waals surface area contributed by atoms with Crippen LogP contribution in [0, 0.1) is 0 Å². The van der Waals surface area contributed by atoms with Gasteiger partial charge >= 0.3 is 5.97 Å². The van der Waals surface area contributed by atoms with Crippen LogP contribution in [0.4, 0.5) is 0 Å². The standard InChI is InChI=1S/C48H96NO7P/c1-6-8-10-12-14-16-18-19-20-21-22-23-24-25-26-27-28-29-30-31-32-34-36-38-40-43-53-45-47(46-55-57(51,52)54-44-42-49(3,4)5)56-48(50)41-39-37-35-33-17-15-13-11-9-7-2/h11,13,47H,6-10,12,14-46H2,1-5H3/b13-11-. The van der Waals surface area contributed by atoms with Crippen LogP contribution in [0.15, 0.2) is 12.2 Å². The van der Waals surface area contributed by atoms with Crippen molar-refractivity contribution in [1.82, 2.24) is 0 Å². The van der Waals surface area contributed by atoms with Crippen molar-refractivity contribution in [3.05, 3.63) is 12.2 Å². The number of ether oxygens (including phenoxy) is 2. The number of unbranched alkanes of at least 4 members (excludes halogenated alkanes) is 30. The molecule has 2 atom stereocenters. The van der Waals surface area contributed by atoms with E-state index in [0.29, 0.717) is 24.1 Å². The number of phosphoric ester groups is 1. The third-order valence-electron chi connectivity index (χ3n) is 10.8. The highest BCUT2D eigenvalue weighted by Gasteiger charge is 2.20. The number of quaternary nitrogens is 1. The van der Waals surface area contributed by atoms with Crippen LogP contribution >= 0.6 is 7.82 Å². The molecule has 8 nitrogen and oxygen atoms in total. The van der Waals surface area contributed by atoms with Crippen molar-refractivity contribution in [3.8, 4) is 0 Å². The van der Waals surface area contributed by atoms with E-state index in [-0.39, 0.29) is 25.8 Å². The highest BCUT2D eigenvalue weighted by Crippen LogP contribution is 2.38. The summed E-state index contributed by atoms with van der Waals surface area (Å²) in [5.74, 6) is -0.341. The van der Waals surface area contributed by atoms with Crippen molar-refractivity contribution in [2.75, 3.05) is 54.1 Å². The van der Waals surface area contributed by atoms with Gasteiger partial charge in [0.05, 0.1) is 34.4 Å². The molecular weight excluding hydrogens is 734 g/mol. The number of hydrogen-bond donors (Lipinski definition) is 0. The fraction of sp³-hybridized carbons (Fsp3) is 0.938. The molecule has 0 rings (SSSR count). The second-order valence-corrected chi connectivity index (χ2v) is 19.2. The molecule has 0 aromatic carbocycles. The minimum atomic E-state index is -4.52. The molecule has 0 aliphatic rings. The number of nitrogens with zero attached hydrogens (tertiary/aromatic N) is 1. The number of rotatable bonds is 46. The number of phosphoric acid groups is 1. The lowest BCUT2D eigenvalue weighted by Gasteiger charge is -2.28. The smallest absolute Gasteiger partial charge is 0.306 e. The molecule has 0 radical (unpaired) electrons. The summed E-state index contributed by atoms with van der Waals surface area (Å²) in [5.41, 5.74) is 0. The van der Waals surface area contributed by atoms with Gasteiger partial charge in [0.25, 0.3) is 7.82 Å². The van der Waals surface area contributed by atoms with Crippen LogP contribution in [-0.4, -0.2) is 70.7 Å². The van der Waals surface area contributed by atoms with Crippen LogP contribution < -0.4 is 4.89 Å². The van der Waals surface area contributed by atoms with Gasteiger partial charge < -0.3 is 27.9 Å². The van der Waals surface area contributed by atoms with E-state index in [9.17, 15) is 14.3 Å². The predicted octanol–water partition coefficient (Wildman–Crippen LogP) is 14.0. The van der Waals surface area contributed by atoms with Gasteiger partial charge in [-0.15, -0.1) is 0 Å². The van der Waals surface area contributed by atoms with Gasteiger partial charge in [0.2, 0.25) is 0 Å². The molecule has 0 fully saturated rings. The Morgan fingerprint density at radius 3 is 1.40 bits per heavy atom. The Morgan fingerprint density at radius 2 is 0.947 bits per heavy atom. The summed E-state index contributed by atoms with van der Waals surface area (Å²) >= 11 is 0. The Kier molecular flexibility index (Phi) is 41.4. The molecule has 0 amide bonds. The zero-order valence-corrected chi connectivity index (χ0v) is 39.5. The first-order chi connectivity index (χ1) is 27.6. The average molecular weight is 830 g/mol. The van der Waals surface area contributed by atoms with Gasteiger partial charge in [0, 0.05) is 13.0 Å². The normalized spacial score (nSPS) is 13.7. The molecule has 0 aromatic rings. The summed E-state index contributed by atoms with van der Waals surface area (Å²) < 4.78 is 34.6. The van der Waals surface area contributed by atoms with Crippen molar-refractivity contribution < 1.29 is 37.3 Å². The first-order valence-electron chi connectivity index (χ1n) is 24.4. The Hall–Kier alpha value is -0.760. The lowest BCUT2D eigenvalue weighted by molar-refractivity contribution is -0.870. The zero-order chi connectivity index (χ0) is 42.0. The number of likely N-dealkylation sites (N-methyl/N-ethyl adjacent to an activating group) is 1. The van der Waals surface area contributed by atoms with Crippen LogP contribution in [0.3, 0.4) is 0 Å². The summed E-state index contributed by atoms with van der Waals surface area (Å²) in [7, 11) is 1.36. The van der Waals surface area contributed by atoms with Crippen LogP contribution in [0.2, 0.25) is 0 Å². The fourth-order valence-electron chi connectivity index (χ4n) is 7.02. The second-order valence-electron chi connectivity index (χ2n) is 17.8. The van der Waals surface area contributed by atoms with E-state index in [2.05, 4.69) is 26.0 Å². The van der Waals surface area contributed by atoms with E-state index in [0.717, 1.165) is 51.4 Å². The molecule has 0 bridgehead atoms. The van der Waals surface area contributed by atoms with Crippen LogP contribution in [0.5, 0.6) is 0 Å². The lowest BCUT2D eigenvalue weighted by atomic mass is 10.0. The van der Waals surface area contributed by atoms with Crippen molar-refractivity contribution in [2.24, 2.45) is 0 Å². The molecule has 0 heterocycles. The van der Waals surface area contributed by atoms with Gasteiger partial charge in [-0.05, 0) is 32.1 Å². The molecule has 0 saturated heterocycles. The van der Waals surface area contributed by atoms with Crippen molar-refractivity contribution >= 4 is 13.8 Å². The maximum atomic E-state index is 12.6. The molecule has 0 N–H and O–H groups in total. The predicted molar refractivity (Wildman–Crippen MR) is 241 cm³/mol. The first kappa shape index (κ1) is 56.2. The van der Waals surface area contributed by atoms with Crippen molar-refractivity contribution in [1.29, 1.82) is 0 Å². The largest absolute Gasteiger partial charge is 0.756 e. The van der Waals surface area contributed by atoms with Crippen LogP contribution in [0.25, 0.3) is 0 Å². The molecule has 0 spiro atoms. The maximum Gasteiger partial charge on any atom is 0.306 e. The molecule has 0 aromatic heterocycles. The minimum Gasteiger partial charge on any atom is -0.756 e. The number of hydrogen-bond acceptors (Lipinski definition) is 7. The summed E-state index contributed by atoms with van der Waals surface area (Å²) in [5, 5.41) is 0. The quantitative estimate of drug-likeness (QED) is 0.0198. The molecule has 57 heavy (non-hydrogen) atoms. The van der Waals surface area contributed by atoms with Crippen molar-refractivity contribution in [3.63, 3.8) is 0 Å². The number of carbonyl (C=O) groups is 1. The van der Waals surface area contributed by atoms with E-state index in [1.165, 1.54) is 161 Å². The Morgan fingerprint density at radius 1 is 0.526 bits per heavy atom. The Bertz CT molecular complexity index is 925. The number of esters is 1. The molecule has 0 saturated carbocycles.